The van der Waals surface area contributed by atoms with Crippen molar-refractivity contribution in [2.24, 2.45) is 0 Å². The first kappa shape index (κ1) is 18.3. The van der Waals surface area contributed by atoms with Crippen molar-refractivity contribution in [1.29, 1.82) is 0 Å². The molecule has 1 atom stereocenters. The van der Waals surface area contributed by atoms with Gasteiger partial charge in [-0.05, 0) is 53.3 Å². The summed E-state index contributed by atoms with van der Waals surface area (Å²) in [5, 5.41) is 0. The summed E-state index contributed by atoms with van der Waals surface area (Å²) in [6.45, 7) is 4.02. The van der Waals surface area contributed by atoms with Crippen molar-refractivity contribution in [1.82, 2.24) is 0 Å². The highest BCUT2D eigenvalue weighted by Crippen LogP contribution is 2.34. The summed E-state index contributed by atoms with van der Waals surface area (Å²) in [4.78, 5) is 0. The molecule has 0 aromatic heterocycles. The Labute approximate surface area is 160 Å². The minimum Gasteiger partial charge on any atom is -0.475 e. The van der Waals surface area contributed by atoms with E-state index in [9.17, 15) is 0 Å². The second-order valence-corrected chi connectivity index (χ2v) is 6.74. The summed E-state index contributed by atoms with van der Waals surface area (Å²) < 4.78 is 5.58. The van der Waals surface area contributed by atoms with E-state index in [0.29, 0.717) is 0 Å². The lowest BCUT2D eigenvalue weighted by Gasteiger charge is -2.17. The highest BCUT2D eigenvalue weighted by Gasteiger charge is 2.13. The topological polar surface area (TPSA) is 9.23 Å². The number of halogens is 1. The third-order valence-electron chi connectivity index (χ3n) is 4.28. The van der Waals surface area contributed by atoms with Crippen LogP contribution in [0.4, 0.5) is 0 Å². The van der Waals surface area contributed by atoms with Gasteiger partial charge in [0.15, 0.2) is 5.56 Å². The summed E-state index contributed by atoms with van der Waals surface area (Å²) in [5.41, 5.74) is 5.88. The van der Waals surface area contributed by atoms with Gasteiger partial charge >= 0.3 is 0 Å². The third-order valence-corrected chi connectivity index (χ3v) is 4.37. The Hall–Kier alpha value is -2.51. The molecule has 0 fully saturated rings. The molecule has 0 amide bonds. The van der Waals surface area contributed by atoms with E-state index in [0.717, 1.165) is 12.2 Å². The van der Waals surface area contributed by atoms with E-state index in [4.69, 9.17) is 16.3 Å². The van der Waals surface area contributed by atoms with Crippen molar-refractivity contribution in [3.63, 3.8) is 0 Å². The van der Waals surface area contributed by atoms with Gasteiger partial charge in [0.2, 0.25) is 0 Å². The van der Waals surface area contributed by atoms with Crippen LogP contribution in [0.3, 0.4) is 0 Å². The number of hydrogen-bond acceptors (Lipinski definition) is 1. The maximum Gasteiger partial charge on any atom is 0.169 e. The Balaban J connectivity index is 2.14. The van der Waals surface area contributed by atoms with Crippen LogP contribution in [0.15, 0.2) is 84.9 Å². The maximum absolute atomic E-state index is 5.93. The molecule has 1 nitrogen and oxygen atoms in total. The first-order valence-corrected chi connectivity index (χ1v) is 9.38. The molecular formula is C24H23ClO. The standard InChI is InChI=1S/C24H23ClO/c1-3-23(19-10-6-4-7-11-19)24(20-12-8-5-9-13-20)21-14-16-22(17-15-21)26-18(2)25/h4-18H,3H2,1-2H3/b24-23-. The Morgan fingerprint density at radius 3 is 1.77 bits per heavy atom. The zero-order valence-corrected chi connectivity index (χ0v) is 15.9. The fraction of sp³-hybridized carbons (Fsp3) is 0.167. The summed E-state index contributed by atoms with van der Waals surface area (Å²) >= 11 is 5.93. The SMILES string of the molecule is CC/C(=C(\c1ccccc1)c1ccc(OC(C)Cl)cc1)c1ccccc1. The van der Waals surface area contributed by atoms with Crippen LogP contribution in [0.2, 0.25) is 0 Å². The van der Waals surface area contributed by atoms with E-state index in [2.05, 4.69) is 73.7 Å². The molecule has 3 aromatic carbocycles. The minimum absolute atomic E-state index is 0.347. The van der Waals surface area contributed by atoms with Crippen molar-refractivity contribution in [2.45, 2.75) is 25.8 Å². The van der Waals surface area contributed by atoms with E-state index in [-0.39, 0.29) is 5.56 Å². The highest BCUT2D eigenvalue weighted by atomic mass is 35.5. The van der Waals surface area contributed by atoms with Crippen LogP contribution in [0.1, 0.15) is 37.0 Å². The Bertz CT molecular complexity index is 850. The molecule has 0 heterocycles. The number of alkyl halides is 1. The van der Waals surface area contributed by atoms with Crippen molar-refractivity contribution in [2.75, 3.05) is 0 Å². The van der Waals surface area contributed by atoms with Crippen molar-refractivity contribution in [3.05, 3.63) is 102 Å². The van der Waals surface area contributed by atoms with Crippen LogP contribution in [0.25, 0.3) is 11.1 Å². The van der Waals surface area contributed by atoms with Gasteiger partial charge in [-0.15, -0.1) is 0 Å². The lowest BCUT2D eigenvalue weighted by molar-refractivity contribution is 0.301. The zero-order valence-electron chi connectivity index (χ0n) is 15.2. The molecule has 0 radical (unpaired) electrons. The number of hydrogen-bond donors (Lipinski definition) is 0. The second kappa shape index (κ2) is 8.73. The molecule has 0 aliphatic heterocycles. The number of rotatable bonds is 6. The van der Waals surface area contributed by atoms with Gasteiger partial charge in [-0.25, -0.2) is 0 Å². The van der Waals surface area contributed by atoms with Crippen LogP contribution in [-0.2, 0) is 0 Å². The number of allylic oxidation sites excluding steroid dienone is 1. The lowest BCUT2D eigenvalue weighted by atomic mass is 9.88. The van der Waals surface area contributed by atoms with E-state index < -0.39 is 0 Å². The first-order chi connectivity index (χ1) is 12.7. The average molecular weight is 363 g/mol. The Morgan fingerprint density at radius 2 is 1.27 bits per heavy atom. The van der Waals surface area contributed by atoms with Crippen molar-refractivity contribution in [3.8, 4) is 5.75 Å². The molecule has 0 bridgehead atoms. The predicted octanol–water partition coefficient (Wildman–Crippen LogP) is 7.02. The van der Waals surface area contributed by atoms with Crippen molar-refractivity contribution < 1.29 is 4.74 Å². The molecule has 0 saturated heterocycles. The molecule has 2 heteroatoms. The van der Waals surface area contributed by atoms with Gasteiger partial charge in [0.25, 0.3) is 0 Å². The first-order valence-electron chi connectivity index (χ1n) is 8.94. The van der Waals surface area contributed by atoms with Crippen LogP contribution in [-0.4, -0.2) is 5.56 Å². The average Bonchev–Trinajstić information content (AvgIpc) is 2.68. The molecule has 132 valence electrons. The van der Waals surface area contributed by atoms with Crippen molar-refractivity contribution >= 4 is 22.7 Å². The number of benzene rings is 3. The van der Waals surface area contributed by atoms with Crippen LogP contribution in [0.5, 0.6) is 5.75 Å². The molecule has 1 unspecified atom stereocenters. The quantitative estimate of drug-likeness (QED) is 0.338. The largest absolute Gasteiger partial charge is 0.475 e. The van der Waals surface area contributed by atoms with Gasteiger partial charge in [0.05, 0.1) is 0 Å². The van der Waals surface area contributed by atoms with E-state index in [1.807, 2.05) is 25.1 Å². The summed E-state index contributed by atoms with van der Waals surface area (Å²) in [5.74, 6) is 0.779. The fourth-order valence-corrected chi connectivity index (χ4v) is 3.28. The summed E-state index contributed by atoms with van der Waals surface area (Å²) in [6.07, 6.45) is 0.950. The van der Waals surface area contributed by atoms with E-state index in [1.54, 1.807) is 0 Å². The third kappa shape index (κ3) is 4.36. The number of ether oxygens (including phenoxy) is 1. The molecule has 0 saturated carbocycles. The Morgan fingerprint density at radius 1 is 0.769 bits per heavy atom. The van der Waals surface area contributed by atoms with Gasteiger partial charge in [0.1, 0.15) is 5.75 Å². The van der Waals surface area contributed by atoms with E-state index in [1.165, 1.54) is 27.8 Å². The molecule has 0 N–H and O–H groups in total. The molecule has 0 spiro atoms. The van der Waals surface area contributed by atoms with Crippen LogP contribution < -0.4 is 4.74 Å². The smallest absolute Gasteiger partial charge is 0.169 e. The molecule has 0 aliphatic rings. The minimum atomic E-state index is -0.347. The van der Waals surface area contributed by atoms with Gasteiger partial charge in [-0.3, -0.25) is 0 Å². The molecule has 3 aromatic rings. The summed E-state index contributed by atoms with van der Waals surface area (Å²) in [6, 6.07) is 29.3. The summed E-state index contributed by atoms with van der Waals surface area (Å²) in [7, 11) is 0. The molecule has 3 rings (SSSR count). The zero-order chi connectivity index (χ0) is 18.4. The monoisotopic (exact) mass is 362 g/mol. The van der Waals surface area contributed by atoms with Gasteiger partial charge < -0.3 is 4.74 Å². The normalized spacial score (nSPS) is 13.0. The second-order valence-electron chi connectivity index (χ2n) is 6.12. The molecule has 0 aliphatic carbocycles. The predicted molar refractivity (Wildman–Crippen MR) is 111 cm³/mol. The van der Waals surface area contributed by atoms with Crippen LogP contribution in [0, 0.1) is 0 Å². The Kier molecular flexibility index (Phi) is 6.14. The molecular weight excluding hydrogens is 340 g/mol. The lowest BCUT2D eigenvalue weighted by Crippen LogP contribution is -2.02. The van der Waals surface area contributed by atoms with Gasteiger partial charge in [-0.2, -0.15) is 0 Å². The molecule has 26 heavy (non-hydrogen) atoms. The fourth-order valence-electron chi connectivity index (χ4n) is 3.17. The van der Waals surface area contributed by atoms with Gasteiger partial charge in [-0.1, -0.05) is 91.3 Å². The van der Waals surface area contributed by atoms with Gasteiger partial charge in [0, 0.05) is 0 Å². The van der Waals surface area contributed by atoms with E-state index >= 15 is 0 Å². The highest BCUT2D eigenvalue weighted by molar-refractivity contribution is 6.19. The maximum atomic E-state index is 5.93. The van der Waals surface area contributed by atoms with Crippen LogP contribution >= 0.6 is 11.6 Å².